The molecule has 0 saturated carbocycles. The molecule has 1 aliphatic heterocycles. The van der Waals surface area contributed by atoms with Gasteiger partial charge in [0.25, 0.3) is 17.7 Å². The van der Waals surface area contributed by atoms with Gasteiger partial charge in [-0.15, -0.1) is 0 Å². The van der Waals surface area contributed by atoms with Gasteiger partial charge in [-0.3, -0.25) is 28.8 Å². The van der Waals surface area contributed by atoms with E-state index in [0.29, 0.717) is 54.9 Å². The predicted molar refractivity (Wildman–Crippen MR) is 115 cm³/mol. The van der Waals surface area contributed by atoms with Crippen LogP contribution in [0.3, 0.4) is 0 Å². The first-order valence-electron chi connectivity index (χ1n) is 10.5. The Morgan fingerprint density at radius 2 is 1.71 bits per heavy atom. The Morgan fingerprint density at radius 3 is 2.35 bits per heavy atom. The van der Waals surface area contributed by atoms with Gasteiger partial charge in [0.05, 0.1) is 23.0 Å². The molecule has 2 heterocycles. The van der Waals surface area contributed by atoms with Crippen LogP contribution in [0.2, 0.25) is 0 Å². The number of aryl methyl sites for hydroxylation is 1. The van der Waals surface area contributed by atoms with Crippen LogP contribution in [0.5, 0.6) is 0 Å². The molecule has 0 atom stereocenters. The summed E-state index contributed by atoms with van der Waals surface area (Å²) in [7, 11) is 1.65. The molecule has 9 nitrogen and oxygen atoms in total. The van der Waals surface area contributed by atoms with Gasteiger partial charge in [-0.1, -0.05) is 25.5 Å². The van der Waals surface area contributed by atoms with Crippen LogP contribution >= 0.6 is 0 Å². The first-order chi connectivity index (χ1) is 14.9. The summed E-state index contributed by atoms with van der Waals surface area (Å²) in [5.41, 5.74) is 1.59. The summed E-state index contributed by atoms with van der Waals surface area (Å²) in [6, 6.07) is 6.81. The molecule has 0 radical (unpaired) electrons. The molecule has 0 unspecified atom stereocenters. The Balaban J connectivity index is 1.42. The highest BCUT2D eigenvalue weighted by Crippen LogP contribution is 2.23. The molecule has 0 bridgehead atoms. The van der Waals surface area contributed by atoms with E-state index in [-0.39, 0.29) is 30.0 Å². The highest BCUT2D eigenvalue weighted by molar-refractivity contribution is 6.21. The molecular formula is C22H27N5O4. The van der Waals surface area contributed by atoms with E-state index in [0.717, 1.165) is 6.42 Å². The molecule has 0 aliphatic carbocycles. The smallest absolute Gasteiger partial charge is 0.271 e. The number of aromatic nitrogens is 2. The maximum atomic E-state index is 12.3. The van der Waals surface area contributed by atoms with Crippen LogP contribution < -0.4 is 10.6 Å². The maximum Gasteiger partial charge on any atom is 0.271 e. The van der Waals surface area contributed by atoms with E-state index in [1.807, 2.05) is 6.92 Å². The number of nitrogens with zero attached hydrogens (tertiary/aromatic N) is 3. The van der Waals surface area contributed by atoms with Crippen molar-refractivity contribution in [3.05, 3.63) is 47.3 Å². The lowest BCUT2D eigenvalue weighted by molar-refractivity contribution is -0.116. The van der Waals surface area contributed by atoms with Crippen molar-refractivity contribution in [2.75, 3.05) is 18.4 Å². The minimum Gasteiger partial charge on any atom is -0.351 e. The number of hydrogen-bond donors (Lipinski definition) is 2. The molecule has 9 heteroatoms. The highest BCUT2D eigenvalue weighted by Gasteiger charge is 2.34. The minimum absolute atomic E-state index is 0.210. The molecule has 1 aliphatic rings. The summed E-state index contributed by atoms with van der Waals surface area (Å²) in [4.78, 5) is 50.5. The van der Waals surface area contributed by atoms with Crippen LogP contribution in [-0.4, -0.2) is 51.4 Å². The summed E-state index contributed by atoms with van der Waals surface area (Å²) in [5, 5.41) is 9.58. The Morgan fingerprint density at radius 1 is 1.03 bits per heavy atom. The van der Waals surface area contributed by atoms with E-state index in [9.17, 15) is 19.2 Å². The Kier molecular flexibility index (Phi) is 7.17. The van der Waals surface area contributed by atoms with E-state index in [1.54, 1.807) is 31.3 Å². The zero-order chi connectivity index (χ0) is 22.4. The van der Waals surface area contributed by atoms with Gasteiger partial charge in [-0.05, 0) is 31.4 Å². The predicted octanol–water partition coefficient (Wildman–Crippen LogP) is 2.36. The number of carbonyl (C=O) groups excluding carboxylic acids is 4. The van der Waals surface area contributed by atoms with Crippen LogP contribution in [0.15, 0.2) is 30.5 Å². The first-order valence-corrected chi connectivity index (χ1v) is 10.5. The lowest BCUT2D eigenvalue weighted by Gasteiger charge is -2.13. The van der Waals surface area contributed by atoms with Crippen molar-refractivity contribution < 1.29 is 19.2 Å². The molecule has 4 amide bonds. The molecule has 0 saturated heterocycles. The van der Waals surface area contributed by atoms with E-state index in [4.69, 9.17) is 0 Å². The summed E-state index contributed by atoms with van der Waals surface area (Å²) in [6.45, 7) is 2.84. The minimum atomic E-state index is -0.280. The van der Waals surface area contributed by atoms with Crippen molar-refractivity contribution in [2.24, 2.45) is 7.05 Å². The molecule has 164 valence electrons. The Bertz CT molecular complexity index is 963. The van der Waals surface area contributed by atoms with Crippen molar-refractivity contribution in [3.63, 3.8) is 0 Å². The number of carbonyl (C=O) groups is 4. The van der Waals surface area contributed by atoms with Crippen LogP contribution in [0.1, 0.15) is 70.2 Å². The maximum absolute atomic E-state index is 12.3. The van der Waals surface area contributed by atoms with E-state index in [1.165, 1.54) is 15.8 Å². The van der Waals surface area contributed by atoms with E-state index in [2.05, 4.69) is 15.7 Å². The average molecular weight is 425 g/mol. The molecule has 2 N–H and O–H groups in total. The van der Waals surface area contributed by atoms with Gasteiger partial charge in [0.2, 0.25) is 5.91 Å². The fourth-order valence-corrected chi connectivity index (χ4v) is 3.51. The second kappa shape index (κ2) is 10.0. The van der Waals surface area contributed by atoms with Gasteiger partial charge in [0, 0.05) is 26.6 Å². The van der Waals surface area contributed by atoms with Gasteiger partial charge in [0.1, 0.15) is 5.69 Å². The number of benzene rings is 1. The Labute approximate surface area is 180 Å². The van der Waals surface area contributed by atoms with Gasteiger partial charge in [-0.25, -0.2) is 0 Å². The van der Waals surface area contributed by atoms with E-state index >= 15 is 0 Å². The number of hydrogen-bond acceptors (Lipinski definition) is 5. The van der Waals surface area contributed by atoms with Crippen LogP contribution in [0.25, 0.3) is 0 Å². The second-order valence-electron chi connectivity index (χ2n) is 7.45. The molecule has 1 aromatic carbocycles. The zero-order valence-electron chi connectivity index (χ0n) is 17.8. The number of imide groups is 1. The molecule has 31 heavy (non-hydrogen) atoms. The first kappa shape index (κ1) is 22.2. The lowest BCUT2D eigenvalue weighted by atomic mass is 10.1. The molecule has 3 rings (SSSR count). The number of unbranched alkanes of at least 4 members (excludes halogenated alkanes) is 2. The number of anilines is 1. The summed E-state index contributed by atoms with van der Waals surface area (Å²) in [5.74, 6) is -1.01. The van der Waals surface area contributed by atoms with Gasteiger partial charge >= 0.3 is 0 Å². The summed E-state index contributed by atoms with van der Waals surface area (Å²) in [6.07, 6.45) is 4.46. The normalized spacial score (nSPS) is 12.8. The largest absolute Gasteiger partial charge is 0.351 e. The quantitative estimate of drug-likeness (QED) is 0.448. The fourth-order valence-electron chi connectivity index (χ4n) is 3.51. The van der Waals surface area contributed by atoms with Gasteiger partial charge in [-0.2, -0.15) is 5.10 Å². The fraction of sp³-hybridized carbons (Fsp3) is 0.409. The summed E-state index contributed by atoms with van der Waals surface area (Å²) < 4.78 is 1.43. The molecular weight excluding hydrogens is 398 g/mol. The number of rotatable bonds is 10. The SMILES string of the molecule is CCCNC(=O)c1c(NC(=O)CCCCCN2C(=O)c3ccccc3C2=O)cnn1C. The highest BCUT2D eigenvalue weighted by atomic mass is 16.2. The van der Waals surface area contributed by atoms with Crippen molar-refractivity contribution >= 4 is 29.3 Å². The van der Waals surface area contributed by atoms with Crippen molar-refractivity contribution in [3.8, 4) is 0 Å². The number of nitrogens with one attached hydrogen (secondary N) is 2. The number of fused-ring (bicyclic) bond motifs is 1. The zero-order valence-corrected chi connectivity index (χ0v) is 17.8. The molecule has 0 fully saturated rings. The monoisotopic (exact) mass is 425 g/mol. The van der Waals surface area contributed by atoms with Crippen molar-refractivity contribution in [1.29, 1.82) is 0 Å². The lowest BCUT2D eigenvalue weighted by Crippen LogP contribution is -2.30. The molecule has 2 aromatic rings. The van der Waals surface area contributed by atoms with Crippen LogP contribution in [0, 0.1) is 0 Å². The second-order valence-corrected chi connectivity index (χ2v) is 7.45. The van der Waals surface area contributed by atoms with Crippen LogP contribution in [0.4, 0.5) is 5.69 Å². The van der Waals surface area contributed by atoms with Crippen LogP contribution in [-0.2, 0) is 11.8 Å². The third kappa shape index (κ3) is 4.99. The molecule has 0 spiro atoms. The standard InChI is InChI=1S/C22H27N5O4/c1-3-12-23-20(29)19-17(14-24-26(19)2)25-18(28)11-5-4-8-13-27-21(30)15-9-6-7-10-16(15)22(27)31/h6-7,9-10,14H,3-5,8,11-13H2,1-2H3,(H,23,29)(H,25,28). The van der Waals surface area contributed by atoms with Gasteiger partial charge in [0.15, 0.2) is 0 Å². The third-order valence-electron chi connectivity index (χ3n) is 5.13. The summed E-state index contributed by atoms with van der Waals surface area (Å²) >= 11 is 0. The molecule has 1 aromatic heterocycles. The van der Waals surface area contributed by atoms with Crippen molar-refractivity contribution in [2.45, 2.75) is 39.0 Å². The average Bonchev–Trinajstić information content (AvgIpc) is 3.24. The third-order valence-corrected chi connectivity index (χ3v) is 5.13. The number of amides is 4. The van der Waals surface area contributed by atoms with Gasteiger partial charge < -0.3 is 10.6 Å². The van der Waals surface area contributed by atoms with E-state index < -0.39 is 0 Å². The topological polar surface area (TPSA) is 113 Å². The van der Waals surface area contributed by atoms with Crippen molar-refractivity contribution in [1.82, 2.24) is 20.0 Å². The Hall–Kier alpha value is -3.49.